The Hall–Kier alpha value is -6.21. The predicted molar refractivity (Wildman–Crippen MR) is 225 cm³/mol. The minimum Gasteiger partial charge on any atom is -0.497 e. The van der Waals surface area contributed by atoms with Crippen LogP contribution in [-0.4, -0.2) is 73.9 Å². The van der Waals surface area contributed by atoms with Gasteiger partial charge in [0.25, 0.3) is 15.9 Å². The Bertz CT molecular complexity index is 2500. The highest BCUT2D eigenvalue weighted by Crippen LogP contribution is 2.46. The van der Waals surface area contributed by atoms with Crippen molar-refractivity contribution in [3.05, 3.63) is 127 Å². The molecule has 5 aromatic rings. The second-order valence-electron chi connectivity index (χ2n) is 15.4. The fourth-order valence-corrected chi connectivity index (χ4v) is 9.29. The molecule has 8 rings (SSSR count). The number of aromatic nitrogens is 1. The first-order valence-electron chi connectivity index (χ1n) is 20.1. The summed E-state index contributed by atoms with van der Waals surface area (Å²) >= 11 is 0. The summed E-state index contributed by atoms with van der Waals surface area (Å²) in [6, 6.07) is 31.9. The monoisotopic (exact) mass is 813 g/mol. The van der Waals surface area contributed by atoms with Gasteiger partial charge in [0, 0.05) is 42.0 Å². The molecule has 1 saturated carbocycles. The second kappa shape index (κ2) is 16.9. The van der Waals surface area contributed by atoms with Crippen LogP contribution in [0.1, 0.15) is 44.1 Å². The molecule has 1 saturated heterocycles. The molecule has 0 radical (unpaired) electrons. The van der Waals surface area contributed by atoms with E-state index in [1.165, 1.54) is 11.0 Å². The summed E-state index contributed by atoms with van der Waals surface area (Å²) in [5, 5.41) is 6.91. The number of carbonyl (C=O) groups excluding carboxylic acids is 3. The van der Waals surface area contributed by atoms with Crippen LogP contribution in [0.4, 0.5) is 5.69 Å². The fraction of sp³-hybridized carbons (Fsp3) is 0.304. The number of nitrogens with zero attached hydrogens (tertiary/aromatic N) is 2. The van der Waals surface area contributed by atoms with Crippen molar-refractivity contribution in [3.63, 3.8) is 0 Å². The first-order valence-corrected chi connectivity index (χ1v) is 21.5. The van der Waals surface area contributed by atoms with Gasteiger partial charge < -0.3 is 25.0 Å². The molecule has 59 heavy (non-hydrogen) atoms. The van der Waals surface area contributed by atoms with E-state index >= 15 is 0 Å². The van der Waals surface area contributed by atoms with Crippen LogP contribution in [0.5, 0.6) is 11.5 Å². The third kappa shape index (κ3) is 8.66. The molecule has 0 spiro atoms. The lowest BCUT2D eigenvalue weighted by molar-refractivity contribution is -0.139. The molecule has 2 aliphatic heterocycles. The Labute approximate surface area is 344 Å². The minimum atomic E-state index is -4.33. The van der Waals surface area contributed by atoms with E-state index < -0.39 is 45.4 Å². The smallest absolute Gasteiger partial charge is 0.266 e. The topological polar surface area (TPSA) is 156 Å². The van der Waals surface area contributed by atoms with Crippen molar-refractivity contribution in [2.45, 2.75) is 67.5 Å². The van der Waals surface area contributed by atoms with Crippen molar-refractivity contribution in [2.24, 2.45) is 5.92 Å². The number of fused-ring (bicyclic) bond motifs is 3. The summed E-state index contributed by atoms with van der Waals surface area (Å²) in [6.07, 6.45) is 7.15. The van der Waals surface area contributed by atoms with Crippen molar-refractivity contribution >= 4 is 44.3 Å². The number of anilines is 1. The number of methoxy groups -OCH3 is 1. The molecule has 2 fully saturated rings. The molecule has 3 N–H and O–H groups in total. The zero-order chi connectivity index (χ0) is 41.0. The predicted octanol–water partition coefficient (Wildman–Crippen LogP) is 6.42. The molecule has 12 nitrogen and oxygen atoms in total. The Morgan fingerprint density at radius 2 is 1.69 bits per heavy atom. The largest absolute Gasteiger partial charge is 0.497 e. The van der Waals surface area contributed by atoms with Crippen molar-refractivity contribution in [1.82, 2.24) is 19.9 Å². The summed E-state index contributed by atoms with van der Waals surface area (Å²) in [6.45, 7) is 0.684. The number of hydrogen-bond donors (Lipinski definition) is 3. The molecule has 3 amide bonds. The van der Waals surface area contributed by atoms with E-state index in [4.69, 9.17) is 14.5 Å². The molecule has 0 unspecified atom stereocenters. The van der Waals surface area contributed by atoms with Gasteiger partial charge in [-0.3, -0.25) is 14.4 Å². The maximum absolute atomic E-state index is 14.6. The number of para-hydroxylation sites is 1. The molecule has 304 valence electrons. The van der Waals surface area contributed by atoms with E-state index in [1.807, 2.05) is 97.1 Å². The minimum absolute atomic E-state index is 0.0517. The van der Waals surface area contributed by atoms with E-state index in [9.17, 15) is 22.8 Å². The number of sulfonamides is 1. The highest BCUT2D eigenvalue weighted by molar-refractivity contribution is 7.90. The van der Waals surface area contributed by atoms with Gasteiger partial charge in [0.2, 0.25) is 11.8 Å². The van der Waals surface area contributed by atoms with E-state index in [0.29, 0.717) is 34.9 Å². The van der Waals surface area contributed by atoms with Gasteiger partial charge in [-0.25, -0.2) is 18.1 Å². The Morgan fingerprint density at radius 1 is 0.932 bits per heavy atom. The quantitative estimate of drug-likeness (QED) is 0.151. The van der Waals surface area contributed by atoms with E-state index in [-0.39, 0.29) is 36.6 Å². The number of ether oxygens (including phenoxy) is 2. The Balaban J connectivity index is 1.10. The molecular weight excluding hydrogens is 767 g/mol. The van der Waals surface area contributed by atoms with Crippen LogP contribution in [0.15, 0.2) is 126 Å². The van der Waals surface area contributed by atoms with Gasteiger partial charge in [0.15, 0.2) is 0 Å². The van der Waals surface area contributed by atoms with Crippen LogP contribution >= 0.6 is 0 Å². The SMILES string of the molecule is COc1ccc2c(O[C@@H]3C[C@@H](C(=O)N[C@]45C[C@H]4C=CCCCCCNc4ccccc4S(=O)(=O)NC5=O)N(C(=O)Cc4ccccc4)C3)cc(-c3ccccc3)nc2c1. The van der Waals surface area contributed by atoms with Crippen molar-refractivity contribution in [2.75, 3.05) is 25.5 Å². The van der Waals surface area contributed by atoms with Crippen LogP contribution in [-0.2, 0) is 30.8 Å². The molecule has 13 heteroatoms. The highest BCUT2D eigenvalue weighted by Gasteiger charge is 2.61. The summed E-state index contributed by atoms with van der Waals surface area (Å²) in [4.78, 5) is 49.3. The van der Waals surface area contributed by atoms with Crippen LogP contribution in [0, 0.1) is 5.92 Å². The first kappa shape index (κ1) is 39.6. The number of pyridine rings is 1. The summed E-state index contributed by atoms with van der Waals surface area (Å²) < 4.78 is 42.1. The van der Waals surface area contributed by atoms with Crippen LogP contribution in [0.2, 0.25) is 0 Å². The molecule has 4 atom stereocenters. The lowest BCUT2D eigenvalue weighted by Crippen LogP contribution is -2.56. The van der Waals surface area contributed by atoms with Crippen molar-refractivity contribution < 1.29 is 32.3 Å². The molecule has 1 aliphatic carbocycles. The fourth-order valence-electron chi connectivity index (χ4n) is 8.06. The highest BCUT2D eigenvalue weighted by atomic mass is 32.2. The summed E-state index contributed by atoms with van der Waals surface area (Å²) in [5.41, 5.74) is 1.86. The van der Waals surface area contributed by atoms with Gasteiger partial charge in [0.1, 0.15) is 34.1 Å². The number of amides is 3. The average Bonchev–Trinajstić information content (AvgIpc) is 3.78. The lowest BCUT2D eigenvalue weighted by atomic mass is 10.1. The zero-order valence-electron chi connectivity index (χ0n) is 32.8. The number of hydrogen-bond acceptors (Lipinski definition) is 9. The van der Waals surface area contributed by atoms with Gasteiger partial charge in [-0.05, 0) is 55.5 Å². The van der Waals surface area contributed by atoms with Gasteiger partial charge in [-0.15, -0.1) is 0 Å². The normalized spacial score (nSPS) is 22.7. The maximum atomic E-state index is 14.6. The van der Waals surface area contributed by atoms with Crippen LogP contribution < -0.4 is 24.8 Å². The molecular formula is C46H47N5O7S. The first-order chi connectivity index (χ1) is 28.6. The second-order valence-corrected chi connectivity index (χ2v) is 17.0. The van der Waals surface area contributed by atoms with E-state index in [2.05, 4.69) is 15.4 Å². The summed E-state index contributed by atoms with van der Waals surface area (Å²) in [5.74, 6) is -0.945. The molecule has 4 aromatic carbocycles. The molecule has 1 aromatic heterocycles. The number of allylic oxidation sites excluding steroid dienone is 1. The van der Waals surface area contributed by atoms with Crippen molar-refractivity contribution in [1.29, 1.82) is 0 Å². The summed E-state index contributed by atoms with van der Waals surface area (Å²) in [7, 11) is -2.74. The number of rotatable bonds is 8. The third-order valence-electron chi connectivity index (χ3n) is 11.3. The maximum Gasteiger partial charge on any atom is 0.266 e. The number of likely N-dealkylation sites (tertiary alicyclic amines) is 1. The number of nitrogens with one attached hydrogen (secondary N) is 3. The molecule has 0 bridgehead atoms. The van der Waals surface area contributed by atoms with Crippen LogP contribution in [0.3, 0.4) is 0 Å². The molecule has 3 aliphatic rings. The van der Waals surface area contributed by atoms with Crippen molar-refractivity contribution in [3.8, 4) is 22.8 Å². The Kier molecular flexibility index (Phi) is 11.4. The number of benzene rings is 4. The van der Waals surface area contributed by atoms with Gasteiger partial charge >= 0.3 is 0 Å². The number of carbonyl (C=O) groups is 3. The van der Waals surface area contributed by atoms with E-state index in [1.54, 1.807) is 25.3 Å². The average molecular weight is 814 g/mol. The van der Waals surface area contributed by atoms with E-state index in [0.717, 1.165) is 42.2 Å². The van der Waals surface area contributed by atoms with Gasteiger partial charge in [0.05, 0.1) is 37.0 Å². The third-order valence-corrected chi connectivity index (χ3v) is 12.7. The zero-order valence-corrected chi connectivity index (χ0v) is 33.6. The van der Waals surface area contributed by atoms with Crippen LogP contribution in [0.25, 0.3) is 22.2 Å². The van der Waals surface area contributed by atoms with Gasteiger partial charge in [-0.1, -0.05) is 91.4 Å². The molecule has 3 heterocycles. The van der Waals surface area contributed by atoms with Gasteiger partial charge in [-0.2, -0.15) is 0 Å². The Morgan fingerprint density at radius 3 is 2.49 bits per heavy atom. The standard InChI is InChI=1S/C46H47N5O7S/c1-57-34-22-23-36-39(26-34)48-38(32-17-9-6-10-18-32)28-41(36)58-35-27-40(51(30-35)43(52)25-31-15-7-5-8-16-31)44(53)49-46-29-33(46)19-11-3-2-4-14-24-47-37-20-12-13-21-42(37)59(55,56)50-45(46)54/h5-13,15-23,26,28,33,35,40,47H,2-4,14,24-25,27,29-30H2,1H3,(H,49,53)(H,50,54)/t33-,35-,40+,46-/m1/s1. The lowest BCUT2D eigenvalue weighted by Gasteiger charge is -2.26.